The molecule has 0 aliphatic heterocycles. The van der Waals surface area contributed by atoms with Gasteiger partial charge in [0.05, 0.1) is 10.0 Å². The maximum absolute atomic E-state index is 12.7. The predicted octanol–water partition coefficient (Wildman–Crippen LogP) is 2.75. The van der Waals surface area contributed by atoms with Gasteiger partial charge in [0, 0.05) is 6.54 Å². The summed E-state index contributed by atoms with van der Waals surface area (Å²) in [4.78, 5) is 24.0. The van der Waals surface area contributed by atoms with E-state index in [0.717, 1.165) is 6.42 Å². The summed E-state index contributed by atoms with van der Waals surface area (Å²) in [6.45, 7) is 7.04. The molecule has 152 valence electrons. The summed E-state index contributed by atoms with van der Waals surface area (Å²) in [7, 11) is -4.20. The highest BCUT2D eigenvalue weighted by molar-refractivity contribution is 7.89. The lowest BCUT2D eigenvalue weighted by molar-refractivity contribution is -0.157. The van der Waals surface area contributed by atoms with Gasteiger partial charge in [-0.15, -0.1) is 0 Å². The number of carbonyl (C=O) groups excluding carboxylic acids is 2. The van der Waals surface area contributed by atoms with Gasteiger partial charge in [0.25, 0.3) is 5.91 Å². The monoisotopic (exact) mass is 438 g/mol. The Kier molecular flexibility index (Phi) is 9.01. The van der Waals surface area contributed by atoms with Crippen LogP contribution < -0.4 is 10.0 Å². The van der Waals surface area contributed by atoms with Crippen LogP contribution in [-0.4, -0.2) is 39.0 Å². The molecule has 0 aliphatic carbocycles. The summed E-state index contributed by atoms with van der Waals surface area (Å²) in [5.41, 5.74) is 0. The van der Waals surface area contributed by atoms with Gasteiger partial charge < -0.3 is 10.1 Å². The van der Waals surface area contributed by atoms with Gasteiger partial charge in [-0.1, -0.05) is 50.0 Å². The van der Waals surface area contributed by atoms with E-state index in [2.05, 4.69) is 10.0 Å². The fraction of sp³-hybridized carbons (Fsp3) is 0.529. The molecule has 2 atom stereocenters. The second-order valence-electron chi connectivity index (χ2n) is 6.26. The van der Waals surface area contributed by atoms with Crippen molar-refractivity contribution in [3.8, 4) is 0 Å². The molecule has 1 rings (SSSR count). The highest BCUT2D eigenvalue weighted by Crippen LogP contribution is 2.29. The third-order valence-corrected chi connectivity index (χ3v) is 6.00. The lowest BCUT2D eigenvalue weighted by Gasteiger charge is -2.23. The fourth-order valence-electron chi connectivity index (χ4n) is 2.11. The van der Waals surface area contributed by atoms with Crippen LogP contribution in [0.5, 0.6) is 0 Å². The van der Waals surface area contributed by atoms with E-state index in [9.17, 15) is 18.0 Å². The van der Waals surface area contributed by atoms with Crippen molar-refractivity contribution in [2.45, 2.75) is 51.2 Å². The molecule has 0 heterocycles. The van der Waals surface area contributed by atoms with Crippen LogP contribution in [-0.2, 0) is 24.3 Å². The van der Waals surface area contributed by atoms with Gasteiger partial charge in [-0.05, 0) is 31.4 Å². The summed E-state index contributed by atoms with van der Waals surface area (Å²) in [6.07, 6.45) is -0.321. The number of halogens is 2. The molecule has 1 aromatic carbocycles. The number of rotatable bonds is 9. The first-order chi connectivity index (χ1) is 12.5. The molecule has 1 aromatic rings. The number of amides is 1. The number of hydrogen-bond donors (Lipinski definition) is 2. The quantitative estimate of drug-likeness (QED) is 0.577. The normalized spacial score (nSPS) is 13.9. The van der Waals surface area contributed by atoms with Crippen LogP contribution in [0, 0.1) is 5.92 Å². The maximum atomic E-state index is 12.7. The minimum absolute atomic E-state index is 0.0711. The van der Waals surface area contributed by atoms with Gasteiger partial charge in [0.1, 0.15) is 10.9 Å². The van der Waals surface area contributed by atoms with Crippen molar-refractivity contribution >= 4 is 45.1 Å². The van der Waals surface area contributed by atoms with E-state index < -0.39 is 40.0 Å². The first-order valence-electron chi connectivity index (χ1n) is 8.45. The van der Waals surface area contributed by atoms with Crippen molar-refractivity contribution in [1.82, 2.24) is 10.0 Å². The lowest BCUT2D eigenvalue weighted by Crippen LogP contribution is -2.47. The van der Waals surface area contributed by atoms with E-state index in [1.54, 1.807) is 13.8 Å². The van der Waals surface area contributed by atoms with Crippen molar-refractivity contribution in [1.29, 1.82) is 0 Å². The Hall–Kier alpha value is -1.35. The number of benzene rings is 1. The number of carbonyl (C=O) groups is 2. The summed E-state index contributed by atoms with van der Waals surface area (Å²) >= 11 is 11.9. The molecule has 0 aliphatic rings. The van der Waals surface area contributed by atoms with E-state index in [4.69, 9.17) is 27.9 Å². The number of esters is 1. The van der Waals surface area contributed by atoms with Crippen molar-refractivity contribution < 1.29 is 22.7 Å². The van der Waals surface area contributed by atoms with E-state index in [-0.39, 0.29) is 14.9 Å². The molecule has 7 nitrogen and oxygen atoms in total. The molecule has 0 radical (unpaired) electrons. The molecule has 0 saturated carbocycles. The Bertz CT molecular complexity index is 763. The SMILES string of the molecule is CCCNC(=O)[C@@H](C)OC(=O)[C@H](NS(=O)(=O)c1c(Cl)cccc1Cl)C(C)C. The van der Waals surface area contributed by atoms with Crippen molar-refractivity contribution in [2.75, 3.05) is 6.54 Å². The zero-order chi connectivity index (χ0) is 20.8. The van der Waals surface area contributed by atoms with Crippen LogP contribution in [0.2, 0.25) is 10.0 Å². The van der Waals surface area contributed by atoms with Crippen LogP contribution in [0.15, 0.2) is 23.1 Å². The summed E-state index contributed by atoms with van der Waals surface area (Å²) in [6, 6.07) is 3.05. The van der Waals surface area contributed by atoms with Gasteiger partial charge in [-0.25, -0.2) is 8.42 Å². The van der Waals surface area contributed by atoms with Crippen LogP contribution in [0.3, 0.4) is 0 Å². The molecule has 0 bridgehead atoms. The first-order valence-corrected chi connectivity index (χ1v) is 10.7. The number of ether oxygens (including phenoxy) is 1. The molecule has 1 amide bonds. The highest BCUT2D eigenvalue weighted by atomic mass is 35.5. The van der Waals surface area contributed by atoms with Crippen LogP contribution in [0.1, 0.15) is 34.1 Å². The minimum Gasteiger partial charge on any atom is -0.451 e. The van der Waals surface area contributed by atoms with Gasteiger partial charge in [0.2, 0.25) is 10.0 Å². The molecular formula is C17H24Cl2N2O5S. The van der Waals surface area contributed by atoms with Gasteiger partial charge >= 0.3 is 5.97 Å². The van der Waals surface area contributed by atoms with E-state index in [0.29, 0.717) is 6.54 Å². The molecule has 27 heavy (non-hydrogen) atoms. The first kappa shape index (κ1) is 23.7. The Morgan fingerprint density at radius 2 is 1.70 bits per heavy atom. The Labute approximate surface area is 169 Å². The Balaban J connectivity index is 2.99. The summed E-state index contributed by atoms with van der Waals surface area (Å²) in [5.74, 6) is -1.76. The van der Waals surface area contributed by atoms with E-state index >= 15 is 0 Å². The summed E-state index contributed by atoms with van der Waals surface area (Å²) in [5, 5.41) is 2.46. The molecule has 0 unspecified atom stereocenters. The largest absolute Gasteiger partial charge is 0.451 e. The van der Waals surface area contributed by atoms with Crippen LogP contribution in [0.25, 0.3) is 0 Å². The zero-order valence-electron chi connectivity index (χ0n) is 15.6. The lowest BCUT2D eigenvalue weighted by atomic mass is 10.1. The van der Waals surface area contributed by atoms with Crippen molar-refractivity contribution in [3.63, 3.8) is 0 Å². The average molecular weight is 439 g/mol. The molecule has 0 spiro atoms. The topological polar surface area (TPSA) is 102 Å². The van der Waals surface area contributed by atoms with Crippen LogP contribution >= 0.6 is 23.2 Å². The molecule has 0 saturated heterocycles. The zero-order valence-corrected chi connectivity index (χ0v) is 17.9. The third kappa shape index (κ3) is 6.64. The Morgan fingerprint density at radius 1 is 1.15 bits per heavy atom. The van der Waals surface area contributed by atoms with Gasteiger partial charge in [-0.3, -0.25) is 9.59 Å². The molecule has 10 heteroatoms. The Morgan fingerprint density at radius 3 is 2.19 bits per heavy atom. The van der Waals surface area contributed by atoms with E-state index in [1.165, 1.54) is 25.1 Å². The number of hydrogen-bond acceptors (Lipinski definition) is 5. The fourth-order valence-corrected chi connectivity index (χ4v) is 4.59. The number of sulfonamides is 1. The molecule has 2 N–H and O–H groups in total. The second kappa shape index (κ2) is 10.3. The van der Waals surface area contributed by atoms with Gasteiger partial charge in [-0.2, -0.15) is 4.72 Å². The van der Waals surface area contributed by atoms with E-state index in [1.807, 2.05) is 6.92 Å². The van der Waals surface area contributed by atoms with Crippen molar-refractivity contribution in [2.24, 2.45) is 5.92 Å². The summed E-state index contributed by atoms with van der Waals surface area (Å²) < 4.78 is 32.8. The second-order valence-corrected chi connectivity index (χ2v) is 8.73. The minimum atomic E-state index is -4.20. The standard InChI is InChI=1S/C17H24Cl2N2O5S/c1-5-9-20-16(22)11(4)26-17(23)14(10(2)3)21-27(24,25)15-12(18)7-6-8-13(15)19/h6-8,10-11,14,21H,5,9H2,1-4H3,(H,20,22)/t11-,14-/m1/s1. The maximum Gasteiger partial charge on any atom is 0.325 e. The molecular weight excluding hydrogens is 415 g/mol. The number of nitrogens with one attached hydrogen (secondary N) is 2. The van der Waals surface area contributed by atoms with Crippen LogP contribution in [0.4, 0.5) is 0 Å². The smallest absolute Gasteiger partial charge is 0.325 e. The highest BCUT2D eigenvalue weighted by Gasteiger charge is 2.33. The molecule has 0 fully saturated rings. The van der Waals surface area contributed by atoms with Gasteiger partial charge in [0.15, 0.2) is 6.10 Å². The predicted molar refractivity (Wildman–Crippen MR) is 104 cm³/mol. The van der Waals surface area contributed by atoms with Crippen molar-refractivity contribution in [3.05, 3.63) is 28.2 Å². The average Bonchev–Trinajstić information content (AvgIpc) is 2.56. The molecule has 0 aromatic heterocycles. The third-order valence-electron chi connectivity index (χ3n) is 3.60.